The number of sulfonamides is 1. The molecule has 0 amide bonds. The Morgan fingerprint density at radius 1 is 1.69 bits per heavy atom. The number of hydrogen-bond acceptors (Lipinski definition) is 5. The number of anilines is 1. The number of nitrogens with zero attached hydrogens (tertiary/aromatic N) is 1. The SMILES string of the molecule is Cc1csc(NCCS(N)(=O)=O)n1. The van der Waals surface area contributed by atoms with Crippen molar-refractivity contribution in [3.05, 3.63) is 11.1 Å². The van der Waals surface area contributed by atoms with E-state index in [2.05, 4.69) is 10.3 Å². The monoisotopic (exact) mass is 221 g/mol. The standard InChI is InChI=1S/C6H11N3O2S2/c1-5-4-12-6(9-5)8-2-3-13(7,10)11/h4H,2-3H2,1H3,(H,8,9)(H2,7,10,11). The molecular formula is C6H11N3O2S2. The van der Waals surface area contributed by atoms with E-state index in [4.69, 9.17) is 5.14 Å². The summed E-state index contributed by atoms with van der Waals surface area (Å²) in [6.45, 7) is 2.17. The summed E-state index contributed by atoms with van der Waals surface area (Å²) in [5.41, 5.74) is 0.920. The summed E-state index contributed by atoms with van der Waals surface area (Å²) in [7, 11) is -3.37. The molecule has 5 nitrogen and oxygen atoms in total. The van der Waals surface area contributed by atoms with Crippen molar-refractivity contribution < 1.29 is 8.42 Å². The maximum absolute atomic E-state index is 10.5. The third-order valence-electron chi connectivity index (χ3n) is 1.28. The van der Waals surface area contributed by atoms with E-state index in [-0.39, 0.29) is 5.75 Å². The summed E-state index contributed by atoms with van der Waals surface area (Å²) in [5.74, 6) is -0.0778. The minimum atomic E-state index is -3.37. The number of nitrogens with one attached hydrogen (secondary N) is 1. The molecule has 0 aromatic carbocycles. The maximum atomic E-state index is 10.5. The van der Waals surface area contributed by atoms with Crippen molar-refractivity contribution >= 4 is 26.5 Å². The Morgan fingerprint density at radius 3 is 2.85 bits per heavy atom. The summed E-state index contributed by atoms with van der Waals surface area (Å²) in [5, 5.41) is 10.3. The number of rotatable bonds is 4. The highest BCUT2D eigenvalue weighted by Gasteiger charge is 2.02. The normalized spacial score (nSPS) is 11.5. The van der Waals surface area contributed by atoms with Gasteiger partial charge in [-0.1, -0.05) is 0 Å². The lowest BCUT2D eigenvalue weighted by atomic mass is 10.6. The summed E-state index contributed by atoms with van der Waals surface area (Å²) in [6.07, 6.45) is 0. The van der Waals surface area contributed by atoms with E-state index in [0.29, 0.717) is 6.54 Å². The van der Waals surface area contributed by atoms with Crippen molar-refractivity contribution in [3.63, 3.8) is 0 Å². The van der Waals surface area contributed by atoms with E-state index in [9.17, 15) is 8.42 Å². The first-order valence-electron chi connectivity index (χ1n) is 3.64. The molecule has 3 N–H and O–H groups in total. The molecule has 0 bridgehead atoms. The summed E-state index contributed by atoms with van der Waals surface area (Å²) < 4.78 is 21.1. The van der Waals surface area contributed by atoms with Crippen LogP contribution in [0.15, 0.2) is 5.38 Å². The number of hydrogen-bond donors (Lipinski definition) is 2. The van der Waals surface area contributed by atoms with Gasteiger partial charge < -0.3 is 5.32 Å². The van der Waals surface area contributed by atoms with Gasteiger partial charge in [-0.3, -0.25) is 0 Å². The molecule has 13 heavy (non-hydrogen) atoms. The fraction of sp³-hybridized carbons (Fsp3) is 0.500. The van der Waals surface area contributed by atoms with E-state index < -0.39 is 10.0 Å². The van der Waals surface area contributed by atoms with Crippen LogP contribution in [0.2, 0.25) is 0 Å². The van der Waals surface area contributed by atoms with Gasteiger partial charge in [0.15, 0.2) is 5.13 Å². The smallest absolute Gasteiger partial charge is 0.210 e. The average molecular weight is 221 g/mol. The van der Waals surface area contributed by atoms with Gasteiger partial charge in [0.1, 0.15) is 0 Å². The highest BCUT2D eigenvalue weighted by molar-refractivity contribution is 7.89. The van der Waals surface area contributed by atoms with E-state index in [1.807, 2.05) is 12.3 Å². The third-order valence-corrected chi connectivity index (χ3v) is 2.97. The van der Waals surface area contributed by atoms with Gasteiger partial charge in [-0.15, -0.1) is 11.3 Å². The van der Waals surface area contributed by atoms with Crippen molar-refractivity contribution in [2.75, 3.05) is 17.6 Å². The molecule has 1 rings (SSSR count). The molecule has 0 radical (unpaired) electrons. The van der Waals surface area contributed by atoms with Crippen LogP contribution in [-0.2, 0) is 10.0 Å². The molecule has 0 unspecified atom stereocenters. The zero-order chi connectivity index (χ0) is 9.90. The number of aryl methyl sites for hydroxylation is 1. The average Bonchev–Trinajstić information content (AvgIpc) is 2.33. The van der Waals surface area contributed by atoms with Gasteiger partial charge >= 0.3 is 0 Å². The van der Waals surface area contributed by atoms with Crippen LogP contribution in [0.3, 0.4) is 0 Å². The molecule has 74 valence electrons. The van der Waals surface area contributed by atoms with Crippen LogP contribution in [-0.4, -0.2) is 25.7 Å². The van der Waals surface area contributed by atoms with Crippen LogP contribution < -0.4 is 10.5 Å². The number of thiazole rings is 1. The number of nitrogens with two attached hydrogens (primary N) is 1. The van der Waals surface area contributed by atoms with Gasteiger partial charge in [-0.05, 0) is 6.92 Å². The quantitative estimate of drug-likeness (QED) is 0.758. The van der Waals surface area contributed by atoms with Crippen molar-refractivity contribution in [2.45, 2.75) is 6.92 Å². The molecule has 7 heteroatoms. The lowest BCUT2D eigenvalue weighted by molar-refractivity contribution is 0.598. The summed E-state index contributed by atoms with van der Waals surface area (Å²) in [4.78, 5) is 4.10. The molecule has 0 spiro atoms. The predicted octanol–water partition coefficient (Wildman–Crippen LogP) is 0.152. The van der Waals surface area contributed by atoms with Crippen molar-refractivity contribution in [1.29, 1.82) is 0 Å². The molecule has 0 aliphatic heterocycles. The number of primary sulfonamides is 1. The van der Waals surface area contributed by atoms with Crippen molar-refractivity contribution in [3.8, 4) is 0 Å². The molecule has 0 saturated heterocycles. The van der Waals surface area contributed by atoms with Gasteiger partial charge in [0, 0.05) is 11.9 Å². The molecule has 1 heterocycles. The first-order chi connectivity index (χ1) is 5.97. The van der Waals surface area contributed by atoms with Gasteiger partial charge in [0.2, 0.25) is 10.0 Å². The molecule has 1 aromatic heterocycles. The Bertz CT molecular complexity index is 371. The summed E-state index contributed by atoms with van der Waals surface area (Å²) in [6, 6.07) is 0. The second kappa shape index (κ2) is 4.03. The highest BCUT2D eigenvalue weighted by atomic mass is 32.2. The van der Waals surface area contributed by atoms with Crippen LogP contribution in [0.4, 0.5) is 5.13 Å². The minimum Gasteiger partial charge on any atom is -0.360 e. The van der Waals surface area contributed by atoms with Crippen molar-refractivity contribution in [2.24, 2.45) is 5.14 Å². The van der Waals surface area contributed by atoms with Crippen LogP contribution in [0.25, 0.3) is 0 Å². The zero-order valence-electron chi connectivity index (χ0n) is 7.15. The topological polar surface area (TPSA) is 85.1 Å². The number of aromatic nitrogens is 1. The Labute approximate surface area is 81.0 Å². The van der Waals surface area contributed by atoms with Gasteiger partial charge in [0.25, 0.3) is 0 Å². The second-order valence-electron chi connectivity index (χ2n) is 2.59. The zero-order valence-corrected chi connectivity index (χ0v) is 8.78. The molecular weight excluding hydrogens is 210 g/mol. The lowest BCUT2D eigenvalue weighted by Crippen LogP contribution is -2.22. The molecule has 0 aliphatic rings. The summed E-state index contributed by atoms with van der Waals surface area (Å²) >= 11 is 1.44. The highest BCUT2D eigenvalue weighted by Crippen LogP contribution is 2.13. The molecule has 0 saturated carbocycles. The molecule has 1 aromatic rings. The largest absolute Gasteiger partial charge is 0.360 e. The lowest BCUT2D eigenvalue weighted by Gasteiger charge is -1.99. The van der Waals surface area contributed by atoms with E-state index in [0.717, 1.165) is 10.8 Å². The minimum absolute atomic E-state index is 0.0778. The first kappa shape index (κ1) is 10.4. The van der Waals surface area contributed by atoms with Gasteiger partial charge in [-0.25, -0.2) is 18.5 Å². The van der Waals surface area contributed by atoms with Gasteiger partial charge in [-0.2, -0.15) is 0 Å². The van der Waals surface area contributed by atoms with Crippen molar-refractivity contribution in [1.82, 2.24) is 4.98 Å². The maximum Gasteiger partial charge on any atom is 0.210 e. The van der Waals surface area contributed by atoms with Gasteiger partial charge in [0.05, 0.1) is 11.4 Å². The van der Waals surface area contributed by atoms with Crippen LogP contribution in [0.1, 0.15) is 5.69 Å². The van der Waals surface area contributed by atoms with E-state index in [1.54, 1.807) is 0 Å². The molecule has 0 aliphatic carbocycles. The van der Waals surface area contributed by atoms with E-state index in [1.165, 1.54) is 11.3 Å². The van der Waals surface area contributed by atoms with Crippen LogP contribution in [0, 0.1) is 6.92 Å². The Morgan fingerprint density at radius 2 is 2.38 bits per heavy atom. The fourth-order valence-electron chi connectivity index (χ4n) is 0.735. The third kappa shape index (κ3) is 4.20. The Kier molecular flexibility index (Phi) is 3.23. The Balaban J connectivity index is 2.36. The Hall–Kier alpha value is -0.660. The molecule has 0 atom stereocenters. The van der Waals surface area contributed by atoms with Crippen LogP contribution >= 0.6 is 11.3 Å². The second-order valence-corrected chi connectivity index (χ2v) is 5.18. The van der Waals surface area contributed by atoms with Crippen LogP contribution in [0.5, 0.6) is 0 Å². The first-order valence-corrected chi connectivity index (χ1v) is 6.23. The fourth-order valence-corrected chi connectivity index (χ4v) is 1.84. The van der Waals surface area contributed by atoms with E-state index >= 15 is 0 Å². The predicted molar refractivity (Wildman–Crippen MR) is 53.3 cm³/mol. The molecule has 0 fully saturated rings.